The molecule has 4 fully saturated rings. The van der Waals surface area contributed by atoms with Crippen LogP contribution < -0.4 is 21.9 Å². The number of hydrogen-bond donors (Lipinski definition) is 0. The zero-order chi connectivity index (χ0) is 65.0. The normalized spacial score (nSPS) is 22.5. The highest BCUT2D eigenvalue weighted by molar-refractivity contribution is 6.65. The van der Waals surface area contributed by atoms with Crippen molar-refractivity contribution >= 4 is 71.9 Å². The molecule has 6 aromatic carbocycles. The molecule has 7 aliphatic rings. The van der Waals surface area contributed by atoms with Crippen LogP contribution in [-0.2, 0) is 48.1 Å². The maximum atomic E-state index is 6.96. The van der Waals surface area contributed by atoms with Gasteiger partial charge in [-0.2, -0.15) is 0 Å². The molecule has 90 heavy (non-hydrogen) atoms. The molecule has 0 N–H and O–H groups in total. The van der Waals surface area contributed by atoms with Crippen LogP contribution in [-0.4, -0.2) is 73.3 Å². The molecule has 8 nitrogen and oxygen atoms in total. The summed E-state index contributed by atoms with van der Waals surface area (Å²) in [5.41, 5.74) is 15.6. The van der Waals surface area contributed by atoms with Crippen molar-refractivity contribution in [1.29, 1.82) is 0 Å². The molecule has 3 aliphatic carbocycles. The average molecular weight is 1210 g/mol. The van der Waals surface area contributed by atoms with E-state index in [0.29, 0.717) is 23.7 Å². The number of hydrogen-bond acceptors (Lipinski definition) is 8. The summed E-state index contributed by atoms with van der Waals surface area (Å²) in [6.07, 6.45) is 8.50. The summed E-state index contributed by atoms with van der Waals surface area (Å²) in [6, 6.07) is 30.0. The van der Waals surface area contributed by atoms with Crippen LogP contribution in [0.15, 0.2) is 72.8 Å². The zero-order valence-electron chi connectivity index (χ0n) is 59.5. The Morgan fingerprint density at radius 3 is 0.600 bits per heavy atom. The lowest BCUT2D eigenvalue weighted by atomic mass is 9.51. The minimum absolute atomic E-state index is 0.335. The number of benzene rings is 6. The van der Waals surface area contributed by atoms with Crippen LogP contribution in [0.3, 0.4) is 0 Å². The Morgan fingerprint density at radius 2 is 0.433 bits per heavy atom. The third-order valence-corrected chi connectivity index (χ3v) is 24.4. The molecule has 4 heterocycles. The number of rotatable bonds is 16. The lowest BCUT2D eigenvalue weighted by Crippen LogP contribution is -2.44. The van der Waals surface area contributed by atoms with Gasteiger partial charge in [-0.05, 0) is 320 Å². The Kier molecular flexibility index (Phi) is 15.1. The second kappa shape index (κ2) is 21.1. The molecule has 476 valence electrons. The summed E-state index contributed by atoms with van der Waals surface area (Å²) in [6.45, 7) is 54.0. The Bertz CT molecular complexity index is 3350. The lowest BCUT2D eigenvalue weighted by Gasteiger charge is -2.52. The van der Waals surface area contributed by atoms with Crippen molar-refractivity contribution in [3.8, 4) is 44.5 Å². The van der Waals surface area contributed by atoms with E-state index >= 15 is 0 Å². The molecule has 0 bridgehead atoms. The molecule has 0 unspecified atom stereocenters. The molecule has 4 aliphatic heterocycles. The van der Waals surface area contributed by atoms with Crippen LogP contribution in [0, 0.1) is 23.7 Å². The average Bonchev–Trinajstić information content (AvgIpc) is 1.11. The number of fused-ring (bicyclic) bond motifs is 8. The summed E-state index contributed by atoms with van der Waals surface area (Å²) in [5.74, 6) is 1.97. The second-order valence-corrected chi connectivity index (χ2v) is 34.6. The highest BCUT2D eigenvalue weighted by atomic mass is 16.7. The van der Waals surface area contributed by atoms with E-state index in [1.165, 1.54) is 77.5 Å². The molecule has 0 aromatic heterocycles. The van der Waals surface area contributed by atoms with Gasteiger partial charge in [0.25, 0.3) is 0 Å². The Labute approximate surface area is 542 Å². The van der Waals surface area contributed by atoms with Gasteiger partial charge < -0.3 is 37.2 Å². The predicted molar refractivity (Wildman–Crippen MR) is 377 cm³/mol. The topological polar surface area (TPSA) is 73.8 Å². The highest BCUT2D eigenvalue weighted by Crippen LogP contribution is 2.64. The van der Waals surface area contributed by atoms with Crippen LogP contribution in [0.5, 0.6) is 0 Å². The lowest BCUT2D eigenvalue weighted by molar-refractivity contribution is 0.00578. The fourth-order valence-corrected chi connectivity index (χ4v) is 15.9. The van der Waals surface area contributed by atoms with Crippen molar-refractivity contribution in [2.75, 3.05) is 0 Å². The van der Waals surface area contributed by atoms with Crippen molar-refractivity contribution in [3.05, 3.63) is 95.1 Å². The molecule has 13 rings (SSSR count). The van der Waals surface area contributed by atoms with Crippen molar-refractivity contribution in [3.63, 3.8) is 0 Å². The van der Waals surface area contributed by atoms with Gasteiger partial charge in [-0.15, -0.1) is 0 Å². The van der Waals surface area contributed by atoms with Crippen LogP contribution in [0.1, 0.15) is 240 Å². The van der Waals surface area contributed by atoms with Crippen molar-refractivity contribution in [2.24, 2.45) is 23.7 Å². The first-order valence-electron chi connectivity index (χ1n) is 34.8. The summed E-state index contributed by atoms with van der Waals surface area (Å²) >= 11 is 0. The van der Waals surface area contributed by atoms with Gasteiger partial charge in [-0.25, -0.2) is 0 Å². The van der Waals surface area contributed by atoms with Crippen LogP contribution in [0.2, 0.25) is 0 Å². The van der Waals surface area contributed by atoms with Crippen molar-refractivity contribution in [2.45, 2.75) is 273 Å². The van der Waals surface area contributed by atoms with E-state index in [9.17, 15) is 0 Å². The molecule has 0 radical (unpaired) electrons. The molecule has 6 aromatic rings. The van der Waals surface area contributed by atoms with Crippen LogP contribution in [0.4, 0.5) is 0 Å². The smallest absolute Gasteiger partial charge is 0.399 e. The molecular formula is C78H104B4O8. The van der Waals surface area contributed by atoms with E-state index in [-0.39, 0.29) is 10.8 Å². The third-order valence-electron chi connectivity index (χ3n) is 24.4. The van der Waals surface area contributed by atoms with Crippen LogP contribution >= 0.6 is 0 Å². The van der Waals surface area contributed by atoms with Gasteiger partial charge in [0.15, 0.2) is 0 Å². The molecule has 12 heteroatoms. The van der Waals surface area contributed by atoms with E-state index in [1.807, 2.05) is 0 Å². The molecule has 4 saturated heterocycles. The first-order chi connectivity index (χ1) is 41.7. The molecule has 0 spiro atoms. The molecule has 0 atom stereocenters. The second-order valence-electron chi connectivity index (χ2n) is 34.6. The van der Waals surface area contributed by atoms with Gasteiger partial charge >= 0.3 is 28.5 Å². The fourth-order valence-electron chi connectivity index (χ4n) is 15.9. The first-order valence-corrected chi connectivity index (χ1v) is 34.8. The zero-order valence-corrected chi connectivity index (χ0v) is 59.5. The van der Waals surface area contributed by atoms with Gasteiger partial charge in [-0.3, -0.25) is 0 Å². The van der Waals surface area contributed by atoms with Gasteiger partial charge in [0, 0.05) is 10.8 Å². The van der Waals surface area contributed by atoms with Crippen molar-refractivity contribution < 1.29 is 37.2 Å². The summed E-state index contributed by atoms with van der Waals surface area (Å²) in [5, 5.41) is 4.85. The van der Waals surface area contributed by atoms with Gasteiger partial charge in [0.05, 0.1) is 44.8 Å². The monoisotopic (exact) mass is 1210 g/mol. The van der Waals surface area contributed by atoms with E-state index in [4.69, 9.17) is 37.2 Å². The predicted octanol–water partition coefficient (Wildman–Crippen LogP) is 17.1. The van der Waals surface area contributed by atoms with Crippen molar-refractivity contribution in [1.82, 2.24) is 0 Å². The first kappa shape index (κ1) is 64.5. The minimum Gasteiger partial charge on any atom is -0.399 e. The van der Waals surface area contributed by atoms with Crippen LogP contribution in [0.25, 0.3) is 66.1 Å². The van der Waals surface area contributed by atoms with E-state index in [0.717, 1.165) is 84.0 Å². The quantitative estimate of drug-likeness (QED) is 0.0886. The summed E-state index contributed by atoms with van der Waals surface area (Å²) in [4.78, 5) is 0. The SMILES string of the molecule is CC(C)CCC1(CCC(C)C)c2cc3c(cc2C(CCC(C)C)(CCC(C)C)c2cc4c(cc21)-c1cc(B2OC(C)(C)C(C)(C)O2)cc2cc(B5OC(C)(C)C(C)(C)O5)cc-4c12)-c1cc(B2OC(C)(C)C(C)(C)O2)cc2cc(B4OC(C)(C)C(C)(C)O4)cc-3c12. The summed E-state index contributed by atoms with van der Waals surface area (Å²) in [7, 11) is -2.17. The fraction of sp³-hybridized carbons (Fsp3) is 0.590. The largest absolute Gasteiger partial charge is 0.494 e. The Hall–Kier alpha value is -4.22. The molecule has 0 amide bonds. The van der Waals surface area contributed by atoms with Gasteiger partial charge in [0.1, 0.15) is 0 Å². The Morgan fingerprint density at radius 1 is 0.256 bits per heavy atom. The maximum absolute atomic E-state index is 6.96. The molecule has 0 saturated carbocycles. The Balaban J connectivity index is 1.12. The summed E-state index contributed by atoms with van der Waals surface area (Å²) < 4.78 is 55.7. The molecular weight excluding hydrogens is 1110 g/mol. The minimum atomic E-state index is -0.544. The standard InChI is InChI=1S/C78H104B4O8/c1-45(2)25-29-77(30-26-46(3)4)63-41-55-57(61-39-53(81-87-73(17,18)74(19,20)88-81)35-49-33-51(37-59(55)67(49)61)79-83-69(9,10)70(11,12)84-79)43-65(63)78(31-27-47(5)6,32-28-48(7)8)66-44-58-56(42-64(66)77)60-38-52(80-85-71(13,14)72(15,16)86-80)34-50-36-54(40-62(58)68(50)60)82-89-75(21,22)76(23,24)90-82/h33-48H,25-32H2,1-24H3. The van der Waals surface area contributed by atoms with E-state index in [2.05, 4.69) is 239 Å². The van der Waals surface area contributed by atoms with E-state index in [1.54, 1.807) is 0 Å². The third kappa shape index (κ3) is 9.99. The van der Waals surface area contributed by atoms with Gasteiger partial charge in [0.2, 0.25) is 0 Å². The maximum Gasteiger partial charge on any atom is 0.494 e. The van der Waals surface area contributed by atoms with Gasteiger partial charge in [-0.1, -0.05) is 104 Å². The van der Waals surface area contributed by atoms with E-state index < -0.39 is 73.3 Å². The highest BCUT2D eigenvalue weighted by Gasteiger charge is 2.58.